The molecule has 0 radical (unpaired) electrons. The second-order valence-corrected chi connectivity index (χ2v) is 13.7. The molecule has 0 bridgehead atoms. The van der Waals surface area contributed by atoms with Gasteiger partial charge in [0, 0.05) is 17.7 Å². The predicted molar refractivity (Wildman–Crippen MR) is 160 cm³/mol. The summed E-state index contributed by atoms with van der Waals surface area (Å²) in [5.74, 6) is -1.73. The van der Waals surface area contributed by atoms with Crippen molar-refractivity contribution in [1.82, 2.24) is 0 Å². The quantitative estimate of drug-likeness (QED) is 0.108. The van der Waals surface area contributed by atoms with Crippen LogP contribution in [0.3, 0.4) is 0 Å². The summed E-state index contributed by atoms with van der Waals surface area (Å²) in [6.07, 6.45) is 2.08. The molecule has 4 N–H and O–H groups in total. The first-order valence-electron chi connectivity index (χ1n) is 12.7. The molecule has 0 unspecified atom stereocenters. The van der Waals surface area contributed by atoms with Crippen molar-refractivity contribution in [2.45, 2.75) is 63.2 Å². The molecule has 0 saturated carbocycles. The summed E-state index contributed by atoms with van der Waals surface area (Å²) in [7, 11) is -7.58. The van der Waals surface area contributed by atoms with Gasteiger partial charge in [-0.05, 0) is 61.5 Å². The van der Waals surface area contributed by atoms with Crippen molar-refractivity contribution in [1.29, 1.82) is 0 Å². The summed E-state index contributed by atoms with van der Waals surface area (Å²) in [6.45, 7) is 6.58. The molecule has 0 atom stereocenters. The largest absolute Gasteiger partial charge is 0.370 e. The van der Waals surface area contributed by atoms with Gasteiger partial charge in [-0.2, -0.15) is 4.99 Å². The molecule has 43 heavy (non-hydrogen) atoms. The van der Waals surface area contributed by atoms with Crippen LogP contribution in [-0.2, 0) is 19.7 Å². The first-order chi connectivity index (χ1) is 19.8. The molecule has 236 valence electrons. The third-order valence-corrected chi connectivity index (χ3v) is 9.73. The van der Waals surface area contributed by atoms with E-state index < -0.39 is 62.9 Å². The molecule has 0 fully saturated rings. The van der Waals surface area contributed by atoms with E-state index in [9.17, 15) is 46.7 Å². The molecule has 0 aliphatic rings. The Kier molecular flexibility index (Phi) is 13.4. The highest BCUT2D eigenvalue weighted by Crippen LogP contribution is 2.31. The number of carbonyl (C=O) groups is 2. The maximum atomic E-state index is 12.3. The molecule has 0 heterocycles. The van der Waals surface area contributed by atoms with Crippen LogP contribution >= 0.6 is 11.6 Å². The Morgan fingerprint density at radius 1 is 0.791 bits per heavy atom. The van der Waals surface area contributed by atoms with Crippen LogP contribution in [0.15, 0.2) is 39.0 Å². The minimum Gasteiger partial charge on any atom is -0.370 e. The van der Waals surface area contributed by atoms with Crippen molar-refractivity contribution in [2.24, 2.45) is 16.5 Å². The number of hydrogen-bond donors (Lipinski definition) is 2. The number of guanidine groups is 1. The van der Waals surface area contributed by atoms with E-state index in [0.29, 0.717) is 31.2 Å². The van der Waals surface area contributed by atoms with Gasteiger partial charge in [-0.1, -0.05) is 26.7 Å². The van der Waals surface area contributed by atoms with Crippen LogP contribution in [0.2, 0.25) is 0 Å². The molecule has 2 aromatic carbocycles. The van der Waals surface area contributed by atoms with Crippen LogP contribution in [-0.4, -0.2) is 55.3 Å². The van der Waals surface area contributed by atoms with Crippen LogP contribution < -0.4 is 11.5 Å². The SMILES string of the molecule is CCCCS(=O)(=O)c1cc(C)c(C(=O)Cl)cc1[N+](=O)[O-].CCCCS(=O)(=O)c1cc(C)c(C(=O)N=C(N)N)cc1[N+](=O)[O-]. The van der Waals surface area contributed by atoms with E-state index in [-0.39, 0.29) is 33.1 Å². The Hall–Kier alpha value is -3.96. The van der Waals surface area contributed by atoms with Gasteiger partial charge in [0.1, 0.15) is 9.79 Å². The number of nitrogens with zero attached hydrogens (tertiary/aromatic N) is 3. The van der Waals surface area contributed by atoms with Crippen molar-refractivity contribution in [3.8, 4) is 0 Å². The number of sulfone groups is 2. The fraction of sp³-hybridized carbons (Fsp3) is 0.400. The van der Waals surface area contributed by atoms with Gasteiger partial charge in [0.15, 0.2) is 25.6 Å². The van der Waals surface area contributed by atoms with Crippen LogP contribution in [0.5, 0.6) is 0 Å². The van der Waals surface area contributed by atoms with Gasteiger partial charge < -0.3 is 11.5 Å². The van der Waals surface area contributed by atoms with Crippen LogP contribution in [0.25, 0.3) is 0 Å². The average molecular weight is 662 g/mol. The summed E-state index contributed by atoms with van der Waals surface area (Å²) in [6, 6.07) is 4.06. The summed E-state index contributed by atoms with van der Waals surface area (Å²) < 4.78 is 48.8. The third kappa shape index (κ3) is 10.1. The smallest absolute Gasteiger partial charge is 0.288 e. The number of amides is 1. The number of aryl methyl sites for hydroxylation is 2. The van der Waals surface area contributed by atoms with E-state index >= 15 is 0 Å². The van der Waals surface area contributed by atoms with Gasteiger partial charge in [-0.15, -0.1) is 0 Å². The van der Waals surface area contributed by atoms with E-state index in [0.717, 1.165) is 24.3 Å². The third-order valence-electron chi connectivity index (χ3n) is 5.88. The summed E-state index contributed by atoms with van der Waals surface area (Å²) in [5, 5.41) is 21.4. The molecule has 0 aliphatic carbocycles. The van der Waals surface area contributed by atoms with E-state index in [1.54, 1.807) is 0 Å². The van der Waals surface area contributed by atoms with Gasteiger partial charge in [-0.3, -0.25) is 29.8 Å². The van der Waals surface area contributed by atoms with Gasteiger partial charge in [0.25, 0.3) is 22.5 Å². The van der Waals surface area contributed by atoms with Gasteiger partial charge in [0.05, 0.1) is 26.9 Å². The number of nitro benzene ring substituents is 2. The first kappa shape index (κ1) is 37.1. The molecule has 0 saturated heterocycles. The zero-order valence-electron chi connectivity index (χ0n) is 23.8. The zero-order chi connectivity index (χ0) is 33.3. The Morgan fingerprint density at radius 3 is 1.49 bits per heavy atom. The maximum Gasteiger partial charge on any atom is 0.288 e. The highest BCUT2D eigenvalue weighted by Gasteiger charge is 2.29. The Bertz CT molecular complexity index is 1670. The monoisotopic (exact) mass is 661 g/mol. The second-order valence-electron chi connectivity index (χ2n) is 9.24. The molecule has 0 spiro atoms. The van der Waals surface area contributed by atoms with Gasteiger partial charge in [0.2, 0.25) is 0 Å². The highest BCUT2D eigenvalue weighted by atomic mass is 35.5. The normalized spacial score (nSPS) is 11.2. The predicted octanol–water partition coefficient (Wildman–Crippen LogP) is 3.75. The molecule has 15 nitrogen and oxygen atoms in total. The number of nitrogens with two attached hydrogens (primary N) is 2. The molecular formula is C25H32ClN5O10S2. The molecule has 2 rings (SSSR count). The number of halogens is 1. The fourth-order valence-corrected chi connectivity index (χ4v) is 7.23. The van der Waals surface area contributed by atoms with Crippen LogP contribution in [0, 0.1) is 34.1 Å². The van der Waals surface area contributed by atoms with E-state index in [4.69, 9.17) is 23.1 Å². The van der Waals surface area contributed by atoms with E-state index in [2.05, 4.69) is 4.99 Å². The number of benzene rings is 2. The van der Waals surface area contributed by atoms with Crippen molar-refractivity contribution in [3.63, 3.8) is 0 Å². The van der Waals surface area contributed by atoms with E-state index in [1.165, 1.54) is 13.8 Å². The van der Waals surface area contributed by atoms with Crippen molar-refractivity contribution in [3.05, 3.63) is 66.7 Å². The Morgan fingerprint density at radius 2 is 1.16 bits per heavy atom. The molecular weight excluding hydrogens is 630 g/mol. The number of unbranched alkanes of at least 4 members (excludes halogenated alkanes) is 2. The molecule has 18 heteroatoms. The second kappa shape index (κ2) is 15.5. The number of carbonyl (C=O) groups excluding carboxylic acids is 2. The average Bonchev–Trinajstić information content (AvgIpc) is 2.89. The lowest BCUT2D eigenvalue weighted by Gasteiger charge is -2.08. The lowest BCUT2D eigenvalue weighted by atomic mass is 10.1. The first-order valence-corrected chi connectivity index (χ1v) is 16.4. The molecule has 0 aliphatic heterocycles. The minimum atomic E-state index is -3.82. The standard InChI is InChI=1S/C13H18N4O5S.C12H14ClNO5S/c1-3-4-5-23(21,22)11-6-8(2)9(7-10(11)17(19)20)12(18)16-13(14)15;1-3-4-5-20(18,19)11-6-8(2)9(12(13)15)7-10(11)14(16)17/h6-7H,3-5H2,1-2H3,(H4,14,15,16,18);6-7H,3-5H2,1-2H3. The van der Waals surface area contributed by atoms with Gasteiger partial charge >= 0.3 is 0 Å². The number of nitro groups is 2. The summed E-state index contributed by atoms with van der Waals surface area (Å²) in [4.78, 5) is 46.1. The van der Waals surface area contributed by atoms with E-state index in [1.807, 2.05) is 13.8 Å². The fourth-order valence-electron chi connectivity index (χ4n) is 3.63. The minimum absolute atomic E-state index is 0.0622. The lowest BCUT2D eigenvalue weighted by molar-refractivity contribution is -0.388. The summed E-state index contributed by atoms with van der Waals surface area (Å²) >= 11 is 5.32. The van der Waals surface area contributed by atoms with Crippen molar-refractivity contribution in [2.75, 3.05) is 11.5 Å². The Labute approximate surface area is 253 Å². The van der Waals surface area contributed by atoms with Crippen molar-refractivity contribution >= 4 is 59.8 Å². The topological polar surface area (TPSA) is 253 Å². The molecule has 1 amide bonds. The number of aliphatic imine (C=N–C) groups is 1. The Balaban J connectivity index is 0.000000434. The maximum absolute atomic E-state index is 12.3. The van der Waals surface area contributed by atoms with Gasteiger partial charge in [-0.25, -0.2) is 16.8 Å². The lowest BCUT2D eigenvalue weighted by Crippen LogP contribution is -2.24. The number of hydrogen-bond acceptors (Lipinski definition) is 10. The number of rotatable bonds is 12. The zero-order valence-corrected chi connectivity index (χ0v) is 26.2. The van der Waals surface area contributed by atoms with Crippen LogP contribution in [0.1, 0.15) is 71.4 Å². The van der Waals surface area contributed by atoms with Crippen LogP contribution in [0.4, 0.5) is 11.4 Å². The summed E-state index contributed by atoms with van der Waals surface area (Å²) in [5.41, 5.74) is 9.28. The van der Waals surface area contributed by atoms with Crippen molar-refractivity contribution < 1.29 is 36.3 Å². The molecule has 2 aromatic rings. The molecule has 0 aromatic heterocycles. The highest BCUT2D eigenvalue weighted by molar-refractivity contribution is 7.91.